The fraction of sp³-hybridized carbons (Fsp3) is 0.120. The van der Waals surface area contributed by atoms with E-state index in [0.717, 1.165) is 28.6 Å². The summed E-state index contributed by atoms with van der Waals surface area (Å²) in [5.41, 5.74) is 4.22. The zero-order valence-electron chi connectivity index (χ0n) is 17.0. The number of aromatic amines is 1. The molecule has 31 heavy (non-hydrogen) atoms. The highest BCUT2D eigenvalue weighted by Gasteiger charge is 2.41. The van der Waals surface area contributed by atoms with E-state index in [1.807, 2.05) is 85.2 Å². The molecule has 1 aliphatic heterocycles. The maximum atomic E-state index is 5.98. The van der Waals surface area contributed by atoms with E-state index in [4.69, 9.17) is 17.0 Å². The lowest BCUT2D eigenvalue weighted by Gasteiger charge is -2.27. The predicted octanol–water partition coefficient (Wildman–Crippen LogP) is 5.69. The van der Waals surface area contributed by atoms with Crippen LogP contribution in [0.3, 0.4) is 0 Å². The van der Waals surface area contributed by atoms with Crippen molar-refractivity contribution in [3.8, 4) is 11.5 Å². The minimum atomic E-state index is -0.0594. The number of pyridine rings is 1. The Balaban J connectivity index is 1.45. The van der Waals surface area contributed by atoms with Crippen LogP contribution in [0.2, 0.25) is 0 Å². The summed E-state index contributed by atoms with van der Waals surface area (Å²) >= 11 is 5.74. The molecule has 6 heteroatoms. The highest BCUT2D eigenvalue weighted by molar-refractivity contribution is 7.80. The Morgan fingerprint density at radius 3 is 2.29 bits per heavy atom. The summed E-state index contributed by atoms with van der Waals surface area (Å²) in [5, 5.41) is 4.13. The van der Waals surface area contributed by atoms with E-state index >= 15 is 0 Å². The molecule has 0 bridgehead atoms. The first-order valence-electron chi connectivity index (χ1n) is 10.2. The van der Waals surface area contributed by atoms with Crippen molar-refractivity contribution < 1.29 is 4.74 Å². The summed E-state index contributed by atoms with van der Waals surface area (Å²) in [7, 11) is 0. The van der Waals surface area contributed by atoms with Gasteiger partial charge in [-0.05, 0) is 79.8 Å². The van der Waals surface area contributed by atoms with Gasteiger partial charge in [-0.15, -0.1) is 0 Å². The SMILES string of the molecule is Cc1ccc(Oc2ccc(N3C(=S)N[C@H](c4ccccn4)[C@H]3c3ccc[nH]3)cc2)cc1. The Morgan fingerprint density at radius 2 is 1.65 bits per heavy atom. The molecule has 0 amide bonds. The van der Waals surface area contributed by atoms with E-state index in [0.29, 0.717) is 5.11 Å². The molecular formula is C25H22N4OS. The topological polar surface area (TPSA) is 53.2 Å². The van der Waals surface area contributed by atoms with E-state index < -0.39 is 0 Å². The molecule has 2 aromatic heterocycles. The van der Waals surface area contributed by atoms with E-state index in [1.165, 1.54) is 5.56 Å². The fourth-order valence-corrected chi connectivity index (χ4v) is 4.24. The van der Waals surface area contributed by atoms with E-state index in [1.54, 1.807) is 0 Å². The summed E-state index contributed by atoms with van der Waals surface area (Å²) in [6.07, 6.45) is 3.74. The van der Waals surface area contributed by atoms with Gasteiger partial charge in [0.15, 0.2) is 5.11 Å². The van der Waals surface area contributed by atoms with Crippen LogP contribution in [-0.4, -0.2) is 15.1 Å². The second-order valence-electron chi connectivity index (χ2n) is 7.53. The average molecular weight is 427 g/mol. The largest absolute Gasteiger partial charge is 0.457 e. The molecule has 1 fully saturated rings. The zero-order chi connectivity index (χ0) is 21.2. The van der Waals surface area contributed by atoms with Gasteiger partial charge in [-0.25, -0.2) is 0 Å². The number of benzene rings is 2. The number of nitrogens with zero attached hydrogens (tertiary/aromatic N) is 2. The summed E-state index contributed by atoms with van der Waals surface area (Å²) in [5.74, 6) is 1.60. The number of thiocarbonyl (C=S) groups is 1. The molecule has 5 rings (SSSR count). The molecule has 0 unspecified atom stereocenters. The Bertz CT molecular complexity index is 1160. The highest BCUT2D eigenvalue weighted by atomic mass is 32.1. The van der Waals surface area contributed by atoms with Crippen LogP contribution in [0.15, 0.2) is 91.3 Å². The van der Waals surface area contributed by atoms with E-state index in [9.17, 15) is 0 Å². The Kier molecular flexibility index (Phi) is 5.14. The van der Waals surface area contributed by atoms with Gasteiger partial charge < -0.3 is 19.9 Å². The second-order valence-corrected chi connectivity index (χ2v) is 7.92. The van der Waals surface area contributed by atoms with Crippen LogP contribution in [0, 0.1) is 6.92 Å². The minimum absolute atomic E-state index is 0.0405. The van der Waals surface area contributed by atoms with Crippen LogP contribution < -0.4 is 15.0 Å². The zero-order valence-corrected chi connectivity index (χ0v) is 17.8. The van der Waals surface area contributed by atoms with Crippen LogP contribution in [0.5, 0.6) is 11.5 Å². The van der Waals surface area contributed by atoms with Crippen molar-refractivity contribution in [2.45, 2.75) is 19.0 Å². The molecule has 4 aromatic rings. The summed E-state index contributed by atoms with van der Waals surface area (Å²) in [6, 6.07) is 26.0. The van der Waals surface area contributed by atoms with Crippen LogP contribution in [-0.2, 0) is 0 Å². The number of ether oxygens (including phenoxy) is 1. The van der Waals surface area contributed by atoms with Crippen LogP contribution in [0.4, 0.5) is 5.69 Å². The number of nitrogens with one attached hydrogen (secondary N) is 2. The van der Waals surface area contributed by atoms with Crippen LogP contribution in [0.1, 0.15) is 29.0 Å². The number of H-pyrrole nitrogens is 1. The highest BCUT2D eigenvalue weighted by Crippen LogP contribution is 2.41. The normalized spacial score (nSPS) is 18.1. The third-order valence-electron chi connectivity index (χ3n) is 5.41. The first-order chi connectivity index (χ1) is 15.2. The van der Waals surface area contributed by atoms with Gasteiger partial charge in [0.05, 0.1) is 11.7 Å². The average Bonchev–Trinajstić information content (AvgIpc) is 3.44. The van der Waals surface area contributed by atoms with E-state index in [2.05, 4.69) is 33.2 Å². The number of aryl methyl sites for hydroxylation is 1. The van der Waals surface area contributed by atoms with Gasteiger partial charge >= 0.3 is 0 Å². The molecule has 0 radical (unpaired) electrons. The maximum Gasteiger partial charge on any atom is 0.174 e. The third-order valence-corrected chi connectivity index (χ3v) is 5.72. The van der Waals surface area contributed by atoms with Gasteiger partial charge in [-0.1, -0.05) is 23.8 Å². The molecule has 0 spiro atoms. The van der Waals surface area contributed by atoms with Gasteiger partial charge in [-0.2, -0.15) is 0 Å². The Labute approximate surface area is 186 Å². The van der Waals surface area contributed by atoms with Gasteiger partial charge in [0.1, 0.15) is 17.5 Å². The van der Waals surface area contributed by atoms with Crippen molar-refractivity contribution in [1.82, 2.24) is 15.3 Å². The van der Waals surface area contributed by atoms with Crippen molar-refractivity contribution in [3.05, 3.63) is 108 Å². The van der Waals surface area contributed by atoms with Crippen molar-refractivity contribution in [1.29, 1.82) is 0 Å². The summed E-state index contributed by atoms with van der Waals surface area (Å²) in [4.78, 5) is 10.1. The third kappa shape index (κ3) is 3.90. The minimum Gasteiger partial charge on any atom is -0.457 e. The monoisotopic (exact) mass is 426 g/mol. The smallest absolute Gasteiger partial charge is 0.174 e. The van der Waals surface area contributed by atoms with Gasteiger partial charge in [-0.3, -0.25) is 4.98 Å². The van der Waals surface area contributed by atoms with Crippen molar-refractivity contribution in [3.63, 3.8) is 0 Å². The summed E-state index contributed by atoms with van der Waals surface area (Å²) < 4.78 is 5.98. The molecule has 1 saturated heterocycles. The first kappa shape index (κ1) is 19.3. The standard InChI is InChI=1S/C25H22N4OS/c1-17-7-11-19(12-8-17)30-20-13-9-18(10-14-20)29-24(22-6-4-16-27-22)23(28-25(29)31)21-5-2-3-15-26-21/h2-16,23-24,27H,1H3,(H,28,31)/t23-,24-/m1/s1. The quantitative estimate of drug-likeness (QED) is 0.402. The van der Waals surface area contributed by atoms with Crippen molar-refractivity contribution in [2.75, 3.05) is 4.90 Å². The molecule has 2 aromatic carbocycles. The number of anilines is 1. The van der Waals surface area contributed by atoms with Gasteiger partial charge in [0, 0.05) is 23.8 Å². The van der Waals surface area contributed by atoms with E-state index in [-0.39, 0.29) is 12.1 Å². The molecule has 3 heterocycles. The van der Waals surface area contributed by atoms with Crippen molar-refractivity contribution in [2.24, 2.45) is 0 Å². The fourth-order valence-electron chi connectivity index (χ4n) is 3.89. The lowest BCUT2D eigenvalue weighted by atomic mass is 10.0. The molecule has 2 N–H and O–H groups in total. The number of hydrogen-bond acceptors (Lipinski definition) is 3. The van der Waals surface area contributed by atoms with Crippen LogP contribution in [0.25, 0.3) is 0 Å². The Hall–Kier alpha value is -3.64. The predicted molar refractivity (Wildman–Crippen MR) is 126 cm³/mol. The molecule has 0 aliphatic carbocycles. The number of rotatable bonds is 5. The molecule has 5 nitrogen and oxygen atoms in total. The number of hydrogen-bond donors (Lipinski definition) is 2. The molecule has 0 saturated carbocycles. The number of aromatic nitrogens is 2. The molecule has 1 aliphatic rings. The maximum absolute atomic E-state index is 5.98. The molecule has 154 valence electrons. The lowest BCUT2D eigenvalue weighted by Crippen LogP contribution is -2.29. The first-order valence-corrected chi connectivity index (χ1v) is 10.6. The van der Waals surface area contributed by atoms with Gasteiger partial charge in [0.25, 0.3) is 0 Å². The molecular weight excluding hydrogens is 404 g/mol. The van der Waals surface area contributed by atoms with Gasteiger partial charge in [0.2, 0.25) is 0 Å². The Morgan fingerprint density at radius 1 is 0.903 bits per heavy atom. The van der Waals surface area contributed by atoms with Crippen LogP contribution >= 0.6 is 12.2 Å². The summed E-state index contributed by atoms with van der Waals surface area (Å²) in [6.45, 7) is 2.06. The molecule has 2 atom stereocenters. The van der Waals surface area contributed by atoms with Crippen molar-refractivity contribution >= 4 is 23.0 Å². The second kappa shape index (κ2) is 8.24. The lowest BCUT2D eigenvalue weighted by molar-refractivity contribution is 0.482.